The van der Waals surface area contributed by atoms with Crippen LogP contribution in [-0.2, 0) is 22.7 Å². The van der Waals surface area contributed by atoms with Crippen LogP contribution in [0.5, 0.6) is 0 Å². The third-order valence-corrected chi connectivity index (χ3v) is 8.19. The number of amides is 2. The lowest BCUT2D eigenvalue weighted by atomic mass is 9.92. The first-order valence-electron chi connectivity index (χ1n) is 14.6. The first-order valence-corrected chi connectivity index (χ1v) is 14.6. The Bertz CT molecular complexity index is 1100. The van der Waals surface area contributed by atoms with Gasteiger partial charge >= 0.3 is 0 Å². The van der Waals surface area contributed by atoms with Gasteiger partial charge < -0.3 is 9.80 Å². The van der Waals surface area contributed by atoms with Crippen LogP contribution in [-0.4, -0.2) is 68.1 Å². The van der Waals surface area contributed by atoms with E-state index in [2.05, 4.69) is 34.9 Å². The Morgan fingerprint density at radius 3 is 2.50 bits per heavy atom. The summed E-state index contributed by atoms with van der Waals surface area (Å²) in [6, 6.07) is 8.92. The first kappa shape index (κ1) is 28.3. The van der Waals surface area contributed by atoms with Crippen molar-refractivity contribution in [2.75, 3.05) is 24.5 Å². The van der Waals surface area contributed by atoms with E-state index in [1.165, 1.54) is 6.42 Å². The van der Waals surface area contributed by atoms with E-state index in [4.69, 9.17) is 0 Å². The number of carbonyl (C=O) groups excluding carboxylic acids is 2. The molecule has 2 aliphatic heterocycles. The zero-order valence-electron chi connectivity index (χ0n) is 24.0. The lowest BCUT2D eigenvalue weighted by Gasteiger charge is -2.44. The maximum atomic E-state index is 13.8. The molecule has 0 radical (unpaired) electrons. The topological polar surface area (TPSA) is 74.6 Å². The summed E-state index contributed by atoms with van der Waals surface area (Å²) in [6.07, 6.45) is 6.39. The summed E-state index contributed by atoms with van der Waals surface area (Å²) in [6.45, 7) is 13.8. The minimum absolute atomic E-state index is 0.130. The van der Waals surface area contributed by atoms with Crippen molar-refractivity contribution < 1.29 is 9.59 Å². The highest BCUT2D eigenvalue weighted by atomic mass is 16.2. The van der Waals surface area contributed by atoms with Crippen LogP contribution in [0.3, 0.4) is 0 Å². The molecular formula is C30H46N6O2. The van der Waals surface area contributed by atoms with Crippen molar-refractivity contribution in [2.45, 2.75) is 105 Å². The number of aryl methyl sites for hydroxylation is 3. The number of anilines is 1. The quantitative estimate of drug-likeness (QED) is 0.526. The number of hydrogen-bond donors (Lipinski definition) is 0. The summed E-state index contributed by atoms with van der Waals surface area (Å²) < 4.78 is 1.83. The van der Waals surface area contributed by atoms with Gasteiger partial charge in [-0.3, -0.25) is 14.5 Å². The Kier molecular flexibility index (Phi) is 9.58. The number of rotatable bonds is 7. The summed E-state index contributed by atoms with van der Waals surface area (Å²) in [5, 5.41) is 4.46. The second-order valence-corrected chi connectivity index (χ2v) is 11.4. The van der Waals surface area contributed by atoms with Crippen LogP contribution >= 0.6 is 0 Å². The highest BCUT2D eigenvalue weighted by molar-refractivity contribution is 5.94. The molecule has 8 nitrogen and oxygen atoms in total. The van der Waals surface area contributed by atoms with E-state index in [0.717, 1.165) is 68.2 Å². The molecule has 3 heterocycles. The molecule has 1 aromatic carbocycles. The molecule has 2 aliphatic rings. The zero-order chi connectivity index (χ0) is 27.2. The molecule has 208 valence electrons. The second-order valence-electron chi connectivity index (χ2n) is 11.4. The van der Waals surface area contributed by atoms with E-state index < -0.39 is 0 Å². The van der Waals surface area contributed by atoms with Gasteiger partial charge in [-0.15, -0.1) is 0 Å². The number of nitrogens with zero attached hydrogens (tertiary/aromatic N) is 6. The zero-order valence-corrected chi connectivity index (χ0v) is 24.0. The van der Waals surface area contributed by atoms with E-state index in [0.29, 0.717) is 43.9 Å². The molecule has 0 aliphatic carbocycles. The lowest BCUT2D eigenvalue weighted by molar-refractivity contribution is -0.133. The Balaban J connectivity index is 1.66. The number of benzene rings is 1. The normalized spacial score (nSPS) is 20.8. The Morgan fingerprint density at radius 2 is 1.79 bits per heavy atom. The fourth-order valence-electron chi connectivity index (χ4n) is 6.10. The van der Waals surface area contributed by atoms with Crippen LogP contribution in [0, 0.1) is 19.8 Å². The number of para-hydroxylation sites is 1. The van der Waals surface area contributed by atoms with Gasteiger partial charge in [0.2, 0.25) is 11.8 Å². The molecule has 38 heavy (non-hydrogen) atoms. The minimum Gasteiger partial charge on any atom is -0.337 e. The summed E-state index contributed by atoms with van der Waals surface area (Å²) in [5.74, 6) is 2.47. The molecule has 0 saturated carbocycles. The van der Waals surface area contributed by atoms with Gasteiger partial charge in [0, 0.05) is 50.2 Å². The van der Waals surface area contributed by atoms with Crippen molar-refractivity contribution in [1.82, 2.24) is 24.6 Å². The maximum absolute atomic E-state index is 13.8. The predicted molar refractivity (Wildman–Crippen MR) is 151 cm³/mol. The molecule has 0 N–H and O–H groups in total. The monoisotopic (exact) mass is 522 g/mol. The van der Waals surface area contributed by atoms with Gasteiger partial charge in [0.1, 0.15) is 11.6 Å². The smallest absolute Gasteiger partial charge is 0.226 e. The standard InChI is InChI=1S/C30H46N6O2/c1-6-29(37)35-18-15-26-11-9-12-27(34(26)17-14-22(2)3)21-33(20-25-10-7-8-13-28(25)35)30(38)16-19-36-24(5)31-23(4)32-36/h7-8,10,13,22,26-27H,6,9,11-12,14-21H2,1-5H3. The molecule has 4 rings (SSSR count). The van der Waals surface area contributed by atoms with Crippen molar-refractivity contribution in [3.8, 4) is 0 Å². The second kappa shape index (κ2) is 12.9. The molecule has 2 bridgehead atoms. The van der Waals surface area contributed by atoms with Gasteiger partial charge in [-0.05, 0) is 63.6 Å². The SMILES string of the molecule is CCC(=O)N1CCC2CCCC(CN(C(=O)CCn3nc(C)nc3C)Cc3ccccc31)N2CCC(C)C. The first-order chi connectivity index (χ1) is 18.3. The molecule has 8 heteroatoms. The van der Waals surface area contributed by atoms with E-state index in [1.807, 2.05) is 53.5 Å². The van der Waals surface area contributed by atoms with Gasteiger partial charge in [0.15, 0.2) is 0 Å². The Hall–Kier alpha value is -2.74. The lowest BCUT2D eigenvalue weighted by Crippen LogP contribution is -2.53. The predicted octanol–water partition coefficient (Wildman–Crippen LogP) is 4.73. The fourth-order valence-corrected chi connectivity index (χ4v) is 6.10. The highest BCUT2D eigenvalue weighted by Gasteiger charge is 2.34. The number of piperidine rings is 1. The minimum atomic E-state index is 0.130. The fraction of sp³-hybridized carbons (Fsp3) is 0.667. The number of aromatic nitrogens is 3. The van der Waals surface area contributed by atoms with Crippen molar-refractivity contribution >= 4 is 17.5 Å². The summed E-state index contributed by atoms with van der Waals surface area (Å²) >= 11 is 0. The van der Waals surface area contributed by atoms with Crippen LogP contribution in [0.2, 0.25) is 0 Å². The molecule has 2 atom stereocenters. The van der Waals surface area contributed by atoms with E-state index in [-0.39, 0.29) is 11.8 Å². The van der Waals surface area contributed by atoms with Gasteiger partial charge in [-0.2, -0.15) is 5.10 Å². The summed E-state index contributed by atoms with van der Waals surface area (Å²) in [7, 11) is 0. The van der Waals surface area contributed by atoms with Crippen molar-refractivity contribution in [3.05, 3.63) is 41.5 Å². The Labute approximate surface area is 228 Å². The third-order valence-electron chi connectivity index (χ3n) is 8.19. The third kappa shape index (κ3) is 6.82. The van der Waals surface area contributed by atoms with Gasteiger partial charge in [0.05, 0.1) is 6.54 Å². The molecular weight excluding hydrogens is 476 g/mol. The molecule has 2 unspecified atom stereocenters. The number of fused-ring (bicyclic) bond motifs is 3. The van der Waals surface area contributed by atoms with Crippen molar-refractivity contribution in [3.63, 3.8) is 0 Å². The van der Waals surface area contributed by atoms with E-state index in [9.17, 15) is 9.59 Å². The van der Waals surface area contributed by atoms with Crippen LogP contribution in [0.4, 0.5) is 5.69 Å². The average Bonchev–Trinajstić information content (AvgIpc) is 3.22. The molecule has 1 aromatic heterocycles. The van der Waals surface area contributed by atoms with Crippen molar-refractivity contribution in [1.29, 1.82) is 0 Å². The van der Waals surface area contributed by atoms with Crippen molar-refractivity contribution in [2.24, 2.45) is 5.92 Å². The van der Waals surface area contributed by atoms with E-state index >= 15 is 0 Å². The summed E-state index contributed by atoms with van der Waals surface area (Å²) in [5.41, 5.74) is 1.99. The number of carbonyl (C=O) groups is 2. The van der Waals surface area contributed by atoms with Gasteiger partial charge in [0.25, 0.3) is 0 Å². The molecule has 0 spiro atoms. The Morgan fingerprint density at radius 1 is 1.03 bits per heavy atom. The molecule has 1 saturated heterocycles. The van der Waals surface area contributed by atoms with Crippen LogP contribution < -0.4 is 4.90 Å². The van der Waals surface area contributed by atoms with Gasteiger partial charge in [-0.25, -0.2) is 9.67 Å². The van der Waals surface area contributed by atoms with Crippen LogP contribution in [0.1, 0.15) is 82.9 Å². The number of hydrogen-bond acceptors (Lipinski definition) is 5. The maximum Gasteiger partial charge on any atom is 0.226 e. The van der Waals surface area contributed by atoms with Crippen LogP contribution in [0.25, 0.3) is 0 Å². The molecule has 2 amide bonds. The van der Waals surface area contributed by atoms with E-state index in [1.54, 1.807) is 0 Å². The van der Waals surface area contributed by atoms with Gasteiger partial charge in [-0.1, -0.05) is 45.4 Å². The highest BCUT2D eigenvalue weighted by Crippen LogP contribution is 2.31. The largest absolute Gasteiger partial charge is 0.337 e. The summed E-state index contributed by atoms with van der Waals surface area (Å²) in [4.78, 5) is 38.1. The molecule has 1 fully saturated rings. The average molecular weight is 523 g/mol. The van der Waals surface area contributed by atoms with Crippen LogP contribution in [0.15, 0.2) is 24.3 Å². The molecule has 2 aromatic rings.